The SMILES string of the molecule is Cc1cccc(Sc2cc(N)ccc2C(=O)O)c1. The Morgan fingerprint density at radius 2 is 2.00 bits per heavy atom. The van der Waals surface area contributed by atoms with E-state index in [-0.39, 0.29) is 5.56 Å². The van der Waals surface area contributed by atoms with Gasteiger partial charge in [0.25, 0.3) is 0 Å². The highest BCUT2D eigenvalue weighted by molar-refractivity contribution is 7.99. The molecule has 4 heteroatoms. The zero-order chi connectivity index (χ0) is 13.1. The Morgan fingerprint density at radius 1 is 1.22 bits per heavy atom. The first kappa shape index (κ1) is 12.5. The minimum Gasteiger partial charge on any atom is -0.478 e. The summed E-state index contributed by atoms with van der Waals surface area (Å²) < 4.78 is 0. The number of carboxylic acids is 1. The molecule has 0 bridgehead atoms. The largest absolute Gasteiger partial charge is 0.478 e. The van der Waals surface area contributed by atoms with Crippen molar-refractivity contribution in [3.63, 3.8) is 0 Å². The lowest BCUT2D eigenvalue weighted by atomic mass is 10.2. The second-order valence-electron chi connectivity index (χ2n) is 3.98. The fraction of sp³-hybridized carbons (Fsp3) is 0.0714. The van der Waals surface area contributed by atoms with E-state index in [0.717, 1.165) is 10.5 Å². The number of anilines is 1. The summed E-state index contributed by atoms with van der Waals surface area (Å²) in [6.45, 7) is 2.00. The molecule has 0 atom stereocenters. The molecule has 2 rings (SSSR count). The Hall–Kier alpha value is -1.94. The van der Waals surface area contributed by atoms with Gasteiger partial charge in [0.2, 0.25) is 0 Å². The van der Waals surface area contributed by atoms with Gasteiger partial charge in [-0.15, -0.1) is 0 Å². The molecule has 18 heavy (non-hydrogen) atoms. The van der Waals surface area contributed by atoms with Crippen LogP contribution in [-0.4, -0.2) is 11.1 Å². The number of carboxylic acid groups (broad SMARTS) is 1. The van der Waals surface area contributed by atoms with Crippen LogP contribution in [-0.2, 0) is 0 Å². The number of aromatic carboxylic acids is 1. The molecule has 3 N–H and O–H groups in total. The highest BCUT2D eigenvalue weighted by Crippen LogP contribution is 2.32. The number of hydrogen-bond acceptors (Lipinski definition) is 3. The van der Waals surface area contributed by atoms with E-state index in [1.807, 2.05) is 31.2 Å². The molecule has 92 valence electrons. The zero-order valence-corrected chi connectivity index (χ0v) is 10.7. The third kappa shape index (κ3) is 2.84. The molecule has 0 aliphatic heterocycles. The van der Waals surface area contributed by atoms with E-state index in [2.05, 4.69) is 0 Å². The van der Waals surface area contributed by atoms with Crippen molar-refractivity contribution in [2.45, 2.75) is 16.7 Å². The number of nitrogen functional groups attached to an aromatic ring is 1. The van der Waals surface area contributed by atoms with Crippen LogP contribution in [0.25, 0.3) is 0 Å². The summed E-state index contributed by atoms with van der Waals surface area (Å²) in [4.78, 5) is 12.8. The topological polar surface area (TPSA) is 63.3 Å². The maximum Gasteiger partial charge on any atom is 0.336 e. The molecule has 0 saturated heterocycles. The molecular weight excluding hydrogens is 246 g/mol. The predicted molar refractivity (Wildman–Crippen MR) is 73.1 cm³/mol. The maximum absolute atomic E-state index is 11.1. The molecule has 0 aliphatic rings. The van der Waals surface area contributed by atoms with Gasteiger partial charge < -0.3 is 10.8 Å². The Balaban J connectivity index is 2.39. The molecule has 0 aliphatic carbocycles. The summed E-state index contributed by atoms with van der Waals surface area (Å²) in [5.74, 6) is -0.940. The van der Waals surface area contributed by atoms with Gasteiger partial charge in [0.05, 0.1) is 5.56 Å². The molecule has 0 aromatic heterocycles. The molecule has 0 fully saturated rings. The van der Waals surface area contributed by atoms with Gasteiger partial charge in [-0.25, -0.2) is 4.79 Å². The molecule has 0 radical (unpaired) electrons. The van der Waals surface area contributed by atoms with E-state index in [0.29, 0.717) is 10.6 Å². The number of nitrogens with two attached hydrogens (primary N) is 1. The van der Waals surface area contributed by atoms with E-state index in [1.54, 1.807) is 12.1 Å². The van der Waals surface area contributed by atoms with E-state index in [4.69, 9.17) is 10.8 Å². The smallest absolute Gasteiger partial charge is 0.336 e. The lowest BCUT2D eigenvalue weighted by Gasteiger charge is -2.07. The molecule has 2 aromatic carbocycles. The van der Waals surface area contributed by atoms with Gasteiger partial charge in [-0.05, 0) is 37.3 Å². The number of rotatable bonds is 3. The highest BCUT2D eigenvalue weighted by Gasteiger charge is 2.11. The fourth-order valence-electron chi connectivity index (χ4n) is 1.61. The molecule has 2 aromatic rings. The summed E-state index contributed by atoms with van der Waals surface area (Å²) in [5, 5.41) is 9.13. The summed E-state index contributed by atoms with van der Waals surface area (Å²) in [6.07, 6.45) is 0. The average molecular weight is 259 g/mol. The van der Waals surface area contributed by atoms with Crippen LogP contribution >= 0.6 is 11.8 Å². The van der Waals surface area contributed by atoms with Gasteiger partial charge >= 0.3 is 5.97 Å². The van der Waals surface area contributed by atoms with Crippen molar-refractivity contribution in [1.29, 1.82) is 0 Å². The van der Waals surface area contributed by atoms with Crippen LogP contribution in [0, 0.1) is 6.92 Å². The van der Waals surface area contributed by atoms with Gasteiger partial charge in [0, 0.05) is 15.5 Å². The average Bonchev–Trinajstić information content (AvgIpc) is 2.28. The van der Waals surface area contributed by atoms with Gasteiger partial charge in [-0.1, -0.05) is 29.5 Å². The molecule has 0 unspecified atom stereocenters. The quantitative estimate of drug-likeness (QED) is 0.829. The van der Waals surface area contributed by atoms with Gasteiger partial charge in [0.15, 0.2) is 0 Å². The summed E-state index contributed by atoms with van der Waals surface area (Å²) >= 11 is 1.41. The zero-order valence-electron chi connectivity index (χ0n) is 9.88. The Morgan fingerprint density at radius 3 is 2.67 bits per heavy atom. The normalized spacial score (nSPS) is 10.3. The van der Waals surface area contributed by atoms with Crippen LogP contribution in [0.1, 0.15) is 15.9 Å². The van der Waals surface area contributed by atoms with Crippen molar-refractivity contribution in [3.8, 4) is 0 Å². The van der Waals surface area contributed by atoms with Crippen molar-refractivity contribution in [2.24, 2.45) is 0 Å². The van der Waals surface area contributed by atoms with Crippen molar-refractivity contribution >= 4 is 23.4 Å². The van der Waals surface area contributed by atoms with Crippen LogP contribution in [0.2, 0.25) is 0 Å². The van der Waals surface area contributed by atoms with Crippen LogP contribution in [0.5, 0.6) is 0 Å². The first-order valence-corrected chi connectivity index (χ1v) is 6.25. The fourth-order valence-corrected chi connectivity index (χ4v) is 2.71. The molecule has 0 heterocycles. The van der Waals surface area contributed by atoms with Crippen molar-refractivity contribution < 1.29 is 9.90 Å². The van der Waals surface area contributed by atoms with Crippen LogP contribution in [0.4, 0.5) is 5.69 Å². The predicted octanol–water partition coefficient (Wildman–Crippen LogP) is 3.43. The summed E-state index contributed by atoms with van der Waals surface area (Å²) in [6, 6.07) is 12.7. The lowest BCUT2D eigenvalue weighted by molar-refractivity contribution is 0.0693. The first-order chi connectivity index (χ1) is 8.56. The third-order valence-corrected chi connectivity index (χ3v) is 3.50. The molecule has 3 nitrogen and oxygen atoms in total. The van der Waals surface area contributed by atoms with Crippen molar-refractivity contribution in [1.82, 2.24) is 0 Å². The van der Waals surface area contributed by atoms with Gasteiger partial charge in [0.1, 0.15) is 0 Å². The van der Waals surface area contributed by atoms with Crippen molar-refractivity contribution in [2.75, 3.05) is 5.73 Å². The Labute approximate surface area is 110 Å². The monoisotopic (exact) mass is 259 g/mol. The standard InChI is InChI=1S/C14H13NO2S/c1-9-3-2-4-11(7-9)18-13-8-10(15)5-6-12(13)14(16)17/h2-8H,15H2,1H3,(H,16,17). The van der Waals surface area contributed by atoms with Crippen LogP contribution in [0.15, 0.2) is 52.3 Å². The summed E-state index contributed by atoms with van der Waals surface area (Å²) in [7, 11) is 0. The molecule has 0 saturated carbocycles. The molecular formula is C14H13NO2S. The van der Waals surface area contributed by atoms with Crippen LogP contribution in [0.3, 0.4) is 0 Å². The minimum atomic E-state index is -0.940. The van der Waals surface area contributed by atoms with E-state index in [9.17, 15) is 4.79 Å². The van der Waals surface area contributed by atoms with E-state index < -0.39 is 5.97 Å². The lowest BCUT2D eigenvalue weighted by Crippen LogP contribution is -1.99. The first-order valence-electron chi connectivity index (χ1n) is 5.43. The van der Waals surface area contributed by atoms with Gasteiger partial charge in [-0.2, -0.15) is 0 Å². The minimum absolute atomic E-state index is 0.274. The molecule has 0 amide bonds. The number of benzene rings is 2. The van der Waals surface area contributed by atoms with Crippen molar-refractivity contribution in [3.05, 3.63) is 53.6 Å². The summed E-state index contributed by atoms with van der Waals surface area (Å²) in [5.41, 5.74) is 7.68. The number of hydrogen-bond donors (Lipinski definition) is 2. The highest BCUT2D eigenvalue weighted by atomic mass is 32.2. The second kappa shape index (κ2) is 5.14. The third-order valence-electron chi connectivity index (χ3n) is 2.45. The van der Waals surface area contributed by atoms with E-state index in [1.165, 1.54) is 17.8 Å². The molecule has 0 spiro atoms. The number of carbonyl (C=O) groups is 1. The second-order valence-corrected chi connectivity index (χ2v) is 5.09. The van der Waals surface area contributed by atoms with Crippen LogP contribution < -0.4 is 5.73 Å². The van der Waals surface area contributed by atoms with Gasteiger partial charge in [-0.3, -0.25) is 0 Å². The Kier molecular flexibility index (Phi) is 3.58. The number of aryl methyl sites for hydroxylation is 1. The van der Waals surface area contributed by atoms with E-state index >= 15 is 0 Å². The Bertz CT molecular complexity index is 596. The maximum atomic E-state index is 11.1.